The summed E-state index contributed by atoms with van der Waals surface area (Å²) >= 11 is 11.0. The SMILES string of the molecule is Brc1cccc(-c2cccc(-c3ccc4c5ccccc5n(-c5ccc(-c6ccccc6)cc5-c5ccccc5)c4c3)c2)c1.CC1(C)c2ccccc2-c2ccc(-n3c4ccccc4c4ccc(-c5cccc(-c6cc(Br)cc(-c7ccccc7)c6)c5)cc43)cc21.CC1(C)c2ccccc2-c2ccc(-n3c4ccccc4c4ccc(-c5cccc(-c6cccc(Br)c6)c5)cc43)cc21. The Morgan fingerprint density at radius 3 is 0.864 bits per heavy atom. The molecule has 3 aromatic heterocycles. The molecule has 0 spiro atoms. The summed E-state index contributed by atoms with van der Waals surface area (Å²) in [5, 5.41) is 7.59. The van der Waals surface area contributed by atoms with E-state index >= 15 is 0 Å². The largest absolute Gasteiger partial charge is 0.309 e. The molecule has 23 aromatic rings. The van der Waals surface area contributed by atoms with Gasteiger partial charge in [0.2, 0.25) is 0 Å². The summed E-state index contributed by atoms with van der Waals surface area (Å²) < 4.78 is 10.6. The van der Waals surface area contributed by atoms with Crippen LogP contribution in [0, 0.1) is 0 Å². The van der Waals surface area contributed by atoms with Crippen molar-refractivity contribution >= 4 is 113 Å². The maximum atomic E-state index is 3.78. The zero-order chi connectivity index (χ0) is 88.9. The molecule has 0 atom stereocenters. The van der Waals surface area contributed by atoms with Crippen LogP contribution >= 0.6 is 47.8 Å². The van der Waals surface area contributed by atoms with Crippen LogP contribution in [0.15, 0.2) is 474 Å². The van der Waals surface area contributed by atoms with Gasteiger partial charge in [0, 0.05) is 73.5 Å². The first-order valence-electron chi connectivity index (χ1n) is 45.2. The summed E-state index contributed by atoms with van der Waals surface area (Å²) in [7, 11) is 0. The fourth-order valence-corrected chi connectivity index (χ4v) is 22.1. The highest BCUT2D eigenvalue weighted by atomic mass is 79.9. The number of para-hydroxylation sites is 3. The zero-order valence-electron chi connectivity index (χ0n) is 73.4. The molecule has 0 fully saturated rings. The molecular formula is C126H88Br3N3. The van der Waals surface area contributed by atoms with Crippen molar-refractivity contribution in [1.29, 1.82) is 0 Å². The van der Waals surface area contributed by atoms with E-state index in [0.717, 1.165) is 13.4 Å². The molecule has 3 nitrogen and oxygen atoms in total. The minimum atomic E-state index is -0.0564. The number of benzene rings is 20. The second kappa shape index (κ2) is 33.6. The van der Waals surface area contributed by atoms with Gasteiger partial charge in [-0.1, -0.05) is 403 Å². The lowest BCUT2D eigenvalue weighted by molar-refractivity contribution is 0.660. The first-order chi connectivity index (χ1) is 64.7. The van der Waals surface area contributed by atoms with Crippen molar-refractivity contribution in [2.75, 3.05) is 0 Å². The Bertz CT molecular complexity index is 8500. The van der Waals surface area contributed by atoms with Gasteiger partial charge in [0.25, 0.3) is 0 Å². The highest BCUT2D eigenvalue weighted by molar-refractivity contribution is 9.11. The molecule has 0 saturated carbocycles. The fraction of sp³-hybridized carbons (Fsp3) is 0.0476. The van der Waals surface area contributed by atoms with Crippen LogP contribution in [-0.4, -0.2) is 13.7 Å². The minimum absolute atomic E-state index is 0.0429. The van der Waals surface area contributed by atoms with E-state index < -0.39 is 0 Å². The molecule has 0 amide bonds. The van der Waals surface area contributed by atoms with E-state index in [-0.39, 0.29) is 10.8 Å². The number of hydrogen-bond acceptors (Lipinski definition) is 0. The molecule has 6 heteroatoms. The van der Waals surface area contributed by atoms with E-state index in [9.17, 15) is 0 Å². The first-order valence-corrected chi connectivity index (χ1v) is 47.6. The van der Waals surface area contributed by atoms with Crippen molar-refractivity contribution in [2.24, 2.45) is 0 Å². The van der Waals surface area contributed by atoms with Crippen LogP contribution in [0.5, 0.6) is 0 Å². The lowest BCUT2D eigenvalue weighted by Crippen LogP contribution is -2.15. The Kier molecular flexibility index (Phi) is 20.8. The van der Waals surface area contributed by atoms with Gasteiger partial charge in [-0.2, -0.15) is 0 Å². The molecule has 20 aromatic carbocycles. The molecule has 25 rings (SSSR count). The predicted molar refractivity (Wildman–Crippen MR) is 569 cm³/mol. The van der Waals surface area contributed by atoms with Crippen LogP contribution < -0.4 is 0 Å². The highest BCUT2D eigenvalue weighted by Crippen LogP contribution is 2.53. The summed E-state index contributed by atoms with van der Waals surface area (Å²) in [4.78, 5) is 0. The summed E-state index contributed by atoms with van der Waals surface area (Å²) in [6.45, 7) is 9.41. The van der Waals surface area contributed by atoms with Gasteiger partial charge < -0.3 is 13.7 Å². The van der Waals surface area contributed by atoms with Crippen LogP contribution in [0.3, 0.4) is 0 Å². The zero-order valence-corrected chi connectivity index (χ0v) is 78.1. The highest BCUT2D eigenvalue weighted by Gasteiger charge is 2.37. The summed E-state index contributed by atoms with van der Waals surface area (Å²) in [6.07, 6.45) is 0. The van der Waals surface area contributed by atoms with E-state index in [2.05, 4.69) is 550 Å². The Balaban J connectivity index is 0.000000113. The van der Waals surface area contributed by atoms with E-state index in [1.165, 1.54) is 227 Å². The van der Waals surface area contributed by atoms with Gasteiger partial charge in [0.1, 0.15) is 0 Å². The molecule has 0 N–H and O–H groups in total. The van der Waals surface area contributed by atoms with E-state index in [1.807, 2.05) is 0 Å². The number of nitrogens with zero attached hydrogens (tertiary/aromatic N) is 3. The lowest BCUT2D eigenvalue weighted by Gasteiger charge is -2.22. The Labute approximate surface area is 794 Å². The monoisotopic (exact) mass is 1880 g/mol. The minimum Gasteiger partial charge on any atom is -0.309 e. The van der Waals surface area contributed by atoms with Crippen LogP contribution in [0.25, 0.3) is 205 Å². The maximum Gasteiger partial charge on any atom is 0.0547 e. The number of hydrogen-bond donors (Lipinski definition) is 0. The van der Waals surface area contributed by atoms with Gasteiger partial charge in [-0.25, -0.2) is 0 Å². The van der Waals surface area contributed by atoms with Crippen molar-refractivity contribution in [3.8, 4) is 139 Å². The van der Waals surface area contributed by atoms with Crippen LogP contribution in [0.4, 0.5) is 0 Å². The van der Waals surface area contributed by atoms with Crippen molar-refractivity contribution < 1.29 is 0 Å². The summed E-state index contributed by atoms with van der Waals surface area (Å²) in [5.74, 6) is 0. The van der Waals surface area contributed by atoms with Gasteiger partial charge in [-0.05, 0) is 273 Å². The smallest absolute Gasteiger partial charge is 0.0547 e. The van der Waals surface area contributed by atoms with Gasteiger partial charge in [0.05, 0.1) is 38.8 Å². The topological polar surface area (TPSA) is 14.8 Å². The average molecular weight is 1880 g/mol. The molecule has 2 aliphatic carbocycles. The van der Waals surface area contributed by atoms with Crippen LogP contribution in [0.2, 0.25) is 0 Å². The fourth-order valence-electron chi connectivity index (χ4n) is 20.8. The molecule has 0 saturated heterocycles. The predicted octanol–water partition coefficient (Wildman–Crippen LogP) is 36.3. The van der Waals surface area contributed by atoms with Gasteiger partial charge in [-0.3, -0.25) is 0 Å². The number of rotatable bonds is 12. The van der Waals surface area contributed by atoms with E-state index in [4.69, 9.17) is 0 Å². The molecule has 0 aliphatic heterocycles. The third-order valence-corrected chi connectivity index (χ3v) is 28.8. The molecule has 0 radical (unpaired) electrons. The van der Waals surface area contributed by atoms with Gasteiger partial charge >= 0.3 is 0 Å². The van der Waals surface area contributed by atoms with Crippen LogP contribution in [-0.2, 0) is 10.8 Å². The molecule has 628 valence electrons. The van der Waals surface area contributed by atoms with Crippen molar-refractivity contribution in [2.45, 2.75) is 38.5 Å². The molecule has 3 heterocycles. The molecule has 0 bridgehead atoms. The van der Waals surface area contributed by atoms with Gasteiger partial charge in [0.15, 0.2) is 0 Å². The van der Waals surface area contributed by atoms with Crippen molar-refractivity contribution in [3.05, 3.63) is 497 Å². The van der Waals surface area contributed by atoms with Crippen molar-refractivity contribution in [1.82, 2.24) is 13.7 Å². The van der Waals surface area contributed by atoms with Gasteiger partial charge in [-0.15, -0.1) is 0 Å². The quantitative estimate of drug-likeness (QED) is 0.116. The summed E-state index contributed by atoms with van der Waals surface area (Å²) in [6, 6.07) is 168. The van der Waals surface area contributed by atoms with Crippen LogP contribution in [0.1, 0.15) is 49.9 Å². The Morgan fingerprint density at radius 2 is 0.439 bits per heavy atom. The Hall–Kier alpha value is -14.8. The average Bonchev–Trinajstić information content (AvgIpc) is 1.57. The molecule has 0 unspecified atom stereocenters. The summed E-state index contributed by atoms with van der Waals surface area (Å²) in [5.41, 5.74) is 43.4. The number of fused-ring (bicyclic) bond motifs is 15. The molecule has 132 heavy (non-hydrogen) atoms. The van der Waals surface area contributed by atoms with E-state index in [0.29, 0.717) is 0 Å². The normalized spacial score (nSPS) is 12.6. The van der Waals surface area contributed by atoms with E-state index in [1.54, 1.807) is 0 Å². The Morgan fingerprint density at radius 1 is 0.159 bits per heavy atom. The number of aromatic nitrogens is 3. The first kappa shape index (κ1) is 81.7. The second-order valence-electron chi connectivity index (χ2n) is 35.9. The van der Waals surface area contributed by atoms with Crippen molar-refractivity contribution in [3.63, 3.8) is 0 Å². The number of halogens is 3. The molecular weight excluding hydrogens is 1800 g/mol. The standard InChI is InChI=1S/C45H32BrN.C42H28BrN.C39H28BrN/c1-45(2)41-17-8-6-15-37(41)38-22-20-36(28-42(38)45)47-43-18-9-7-16-39(43)40-21-19-32(27-44(40)47)30-13-10-14-31(23-30)34-24-33(25-35(46)26-34)29-11-4-3-5-12-29;43-36-18-10-17-33(26-36)31-15-9-16-32(25-31)35-21-23-38-37-19-7-8-20-40(37)44(42(38)28-35)41-24-22-34(29-11-3-1-4-12-29)27-39(41)30-13-5-2-6-14-30;1-39(2)35-15-5-3-13-31(35)32-20-18-30(24-36(32)39)41-37-16-6-4-14-33(37)34-19-17-28(23-38(34)41)26-10-7-9-25(21-26)27-11-8-12-29(40)22-27/h3-28H,1-2H3;1-28H;3-24H,1-2H3. The third-order valence-electron chi connectivity index (χ3n) is 27.3. The maximum absolute atomic E-state index is 3.78. The third kappa shape index (κ3) is 14.7. The molecule has 2 aliphatic rings. The second-order valence-corrected chi connectivity index (χ2v) is 38.6. The lowest BCUT2D eigenvalue weighted by atomic mass is 9.82.